The fourth-order valence-corrected chi connectivity index (χ4v) is 2.44. The standard InChI is InChI=1S/C16H33NO2/c1-2-3-4-5-6-9-12-15(16(18)19)13-10-7-8-11-14-17/h15H,2-14,17H2,1H3,(H,18,19)/p-1. The number of carbonyl (C=O) groups excluding carboxylic acids is 1. The minimum atomic E-state index is -0.854. The first-order chi connectivity index (χ1) is 9.22. The second-order valence-electron chi connectivity index (χ2n) is 5.56. The first-order valence-corrected chi connectivity index (χ1v) is 8.13. The normalized spacial score (nSPS) is 12.5. The van der Waals surface area contributed by atoms with E-state index in [1.807, 2.05) is 0 Å². The van der Waals surface area contributed by atoms with Crippen LogP contribution in [0.3, 0.4) is 0 Å². The molecule has 0 aliphatic carbocycles. The summed E-state index contributed by atoms with van der Waals surface area (Å²) in [4.78, 5) is 11.1. The van der Waals surface area contributed by atoms with Gasteiger partial charge in [-0.05, 0) is 31.7 Å². The fourth-order valence-electron chi connectivity index (χ4n) is 2.44. The molecule has 0 aromatic carbocycles. The van der Waals surface area contributed by atoms with Crippen molar-refractivity contribution in [2.45, 2.75) is 84.0 Å². The Morgan fingerprint density at radius 2 is 1.37 bits per heavy atom. The average Bonchev–Trinajstić information content (AvgIpc) is 2.39. The molecule has 0 aliphatic rings. The van der Waals surface area contributed by atoms with E-state index in [9.17, 15) is 9.90 Å². The number of hydrogen-bond donors (Lipinski definition) is 1. The van der Waals surface area contributed by atoms with E-state index in [1.165, 1.54) is 25.7 Å². The van der Waals surface area contributed by atoms with Crippen LogP contribution < -0.4 is 10.8 Å². The summed E-state index contributed by atoms with van der Waals surface area (Å²) in [5, 5.41) is 11.1. The van der Waals surface area contributed by atoms with Crippen molar-refractivity contribution in [3.8, 4) is 0 Å². The summed E-state index contributed by atoms with van der Waals surface area (Å²) >= 11 is 0. The van der Waals surface area contributed by atoms with E-state index >= 15 is 0 Å². The van der Waals surface area contributed by atoms with Crippen molar-refractivity contribution in [3.05, 3.63) is 0 Å². The lowest BCUT2D eigenvalue weighted by molar-refractivity contribution is -0.312. The van der Waals surface area contributed by atoms with Crippen LogP contribution in [0.4, 0.5) is 0 Å². The van der Waals surface area contributed by atoms with Crippen molar-refractivity contribution in [1.82, 2.24) is 0 Å². The summed E-state index contributed by atoms with van der Waals surface area (Å²) in [5.41, 5.74) is 5.43. The van der Waals surface area contributed by atoms with Crippen molar-refractivity contribution in [2.24, 2.45) is 11.7 Å². The van der Waals surface area contributed by atoms with Crippen LogP contribution in [0.2, 0.25) is 0 Å². The van der Waals surface area contributed by atoms with Crippen molar-refractivity contribution in [1.29, 1.82) is 0 Å². The Balaban J connectivity index is 3.54. The molecule has 0 saturated heterocycles. The predicted molar refractivity (Wildman–Crippen MR) is 78.6 cm³/mol. The van der Waals surface area contributed by atoms with E-state index in [2.05, 4.69) is 6.92 Å². The van der Waals surface area contributed by atoms with Gasteiger partial charge < -0.3 is 15.6 Å². The van der Waals surface area contributed by atoms with Crippen molar-refractivity contribution in [3.63, 3.8) is 0 Å². The number of nitrogens with two attached hydrogens (primary N) is 1. The number of hydrogen-bond acceptors (Lipinski definition) is 3. The maximum atomic E-state index is 11.1. The molecular weight excluding hydrogens is 238 g/mol. The van der Waals surface area contributed by atoms with Crippen LogP contribution in [0.15, 0.2) is 0 Å². The highest BCUT2D eigenvalue weighted by atomic mass is 16.4. The smallest absolute Gasteiger partial charge is 0.0445 e. The molecule has 1 unspecified atom stereocenters. The molecule has 114 valence electrons. The molecule has 0 aromatic heterocycles. The topological polar surface area (TPSA) is 66.2 Å². The Labute approximate surface area is 119 Å². The van der Waals surface area contributed by atoms with Gasteiger partial charge in [0, 0.05) is 5.97 Å². The van der Waals surface area contributed by atoms with Gasteiger partial charge in [-0.1, -0.05) is 64.7 Å². The molecule has 0 heterocycles. The van der Waals surface area contributed by atoms with Gasteiger partial charge in [0.2, 0.25) is 0 Å². The predicted octanol–water partition coefficient (Wildman–Crippen LogP) is 3.01. The Kier molecular flexibility index (Phi) is 13.4. The second-order valence-corrected chi connectivity index (χ2v) is 5.56. The van der Waals surface area contributed by atoms with E-state index < -0.39 is 5.97 Å². The van der Waals surface area contributed by atoms with Crippen LogP contribution in [0.5, 0.6) is 0 Å². The summed E-state index contributed by atoms with van der Waals surface area (Å²) in [6.07, 6.45) is 13.1. The summed E-state index contributed by atoms with van der Waals surface area (Å²) < 4.78 is 0. The molecule has 2 N–H and O–H groups in total. The summed E-state index contributed by atoms with van der Waals surface area (Å²) in [7, 11) is 0. The third-order valence-corrected chi connectivity index (χ3v) is 3.75. The first-order valence-electron chi connectivity index (χ1n) is 8.13. The molecule has 0 aliphatic heterocycles. The number of rotatable bonds is 14. The Hall–Kier alpha value is -0.570. The molecule has 0 radical (unpaired) electrons. The highest BCUT2D eigenvalue weighted by molar-refractivity contribution is 5.67. The molecule has 0 aromatic rings. The van der Waals surface area contributed by atoms with E-state index in [0.717, 1.165) is 57.9 Å². The number of carboxylic acid groups (broad SMARTS) is 1. The molecule has 0 amide bonds. The van der Waals surface area contributed by atoms with Gasteiger partial charge in [0.15, 0.2) is 0 Å². The summed E-state index contributed by atoms with van der Waals surface area (Å²) in [5.74, 6) is -1.09. The Morgan fingerprint density at radius 3 is 1.84 bits per heavy atom. The lowest BCUT2D eigenvalue weighted by Gasteiger charge is -2.17. The van der Waals surface area contributed by atoms with Gasteiger partial charge in [0.25, 0.3) is 0 Å². The van der Waals surface area contributed by atoms with Gasteiger partial charge in [-0.15, -0.1) is 0 Å². The molecule has 19 heavy (non-hydrogen) atoms. The van der Waals surface area contributed by atoms with Gasteiger partial charge in [0.1, 0.15) is 0 Å². The number of unbranched alkanes of at least 4 members (excludes halogenated alkanes) is 8. The molecule has 0 bridgehead atoms. The van der Waals surface area contributed by atoms with Gasteiger partial charge in [-0.2, -0.15) is 0 Å². The zero-order valence-corrected chi connectivity index (χ0v) is 12.7. The zero-order valence-electron chi connectivity index (χ0n) is 12.7. The average molecular weight is 270 g/mol. The van der Waals surface area contributed by atoms with Crippen molar-refractivity contribution < 1.29 is 9.90 Å². The number of aliphatic carboxylic acids is 1. The molecule has 0 spiro atoms. The van der Waals surface area contributed by atoms with Crippen LogP contribution in [-0.4, -0.2) is 12.5 Å². The Morgan fingerprint density at radius 1 is 0.895 bits per heavy atom. The fraction of sp³-hybridized carbons (Fsp3) is 0.938. The zero-order chi connectivity index (χ0) is 14.3. The Bertz CT molecular complexity index is 207. The number of carbonyl (C=O) groups is 1. The highest BCUT2D eigenvalue weighted by Gasteiger charge is 2.09. The lowest BCUT2D eigenvalue weighted by Crippen LogP contribution is -2.31. The molecule has 3 heteroatoms. The second kappa shape index (κ2) is 13.9. The summed E-state index contributed by atoms with van der Waals surface area (Å²) in [6.45, 7) is 2.94. The molecule has 0 fully saturated rings. The van der Waals surface area contributed by atoms with Gasteiger partial charge in [0.05, 0.1) is 0 Å². The third-order valence-electron chi connectivity index (χ3n) is 3.75. The molecule has 0 rings (SSSR count). The quantitative estimate of drug-likeness (QED) is 0.493. The van der Waals surface area contributed by atoms with Gasteiger partial charge >= 0.3 is 0 Å². The lowest BCUT2D eigenvalue weighted by atomic mass is 9.94. The molecule has 0 saturated carbocycles. The SMILES string of the molecule is CCCCCCCCC(CCCCCCN)C(=O)[O-]. The van der Waals surface area contributed by atoms with Crippen molar-refractivity contribution in [2.75, 3.05) is 6.54 Å². The minimum absolute atomic E-state index is 0.232. The first kappa shape index (κ1) is 18.4. The van der Waals surface area contributed by atoms with Crippen LogP contribution >= 0.6 is 0 Å². The van der Waals surface area contributed by atoms with Crippen LogP contribution in [0, 0.1) is 5.92 Å². The van der Waals surface area contributed by atoms with Crippen molar-refractivity contribution >= 4 is 5.97 Å². The van der Waals surface area contributed by atoms with Crippen LogP contribution in [-0.2, 0) is 4.79 Å². The molecule has 3 nitrogen and oxygen atoms in total. The van der Waals surface area contributed by atoms with E-state index in [1.54, 1.807) is 0 Å². The minimum Gasteiger partial charge on any atom is -0.550 e. The van der Waals surface area contributed by atoms with E-state index in [0.29, 0.717) is 0 Å². The summed E-state index contributed by atoms with van der Waals surface area (Å²) in [6, 6.07) is 0. The number of carboxylic acids is 1. The van der Waals surface area contributed by atoms with E-state index in [4.69, 9.17) is 5.73 Å². The van der Waals surface area contributed by atoms with Gasteiger partial charge in [-0.3, -0.25) is 0 Å². The molecular formula is C16H32NO2-. The monoisotopic (exact) mass is 270 g/mol. The maximum Gasteiger partial charge on any atom is 0.0445 e. The largest absolute Gasteiger partial charge is 0.550 e. The van der Waals surface area contributed by atoms with Crippen LogP contribution in [0.25, 0.3) is 0 Å². The molecule has 1 atom stereocenters. The van der Waals surface area contributed by atoms with Gasteiger partial charge in [-0.25, -0.2) is 0 Å². The third kappa shape index (κ3) is 12.2. The highest BCUT2D eigenvalue weighted by Crippen LogP contribution is 2.18. The van der Waals surface area contributed by atoms with E-state index in [-0.39, 0.29) is 5.92 Å². The van der Waals surface area contributed by atoms with Crippen LogP contribution in [0.1, 0.15) is 84.0 Å². The maximum absolute atomic E-state index is 11.1.